The molecule has 0 bridgehead atoms. The van der Waals surface area contributed by atoms with Crippen LogP contribution in [0.25, 0.3) is 0 Å². The zero-order chi connectivity index (χ0) is 10.7. The Kier molecular flexibility index (Phi) is 4.35. The number of hydrogen-bond acceptors (Lipinski definition) is 3. The second-order valence-corrected chi connectivity index (χ2v) is 6.11. The summed E-state index contributed by atoms with van der Waals surface area (Å²) in [5.74, 6) is 3.04. The van der Waals surface area contributed by atoms with Crippen molar-refractivity contribution in [2.45, 2.75) is 31.7 Å². The molecule has 1 aliphatic heterocycles. The Labute approximate surface area is 98.0 Å². The maximum atomic E-state index is 6.21. The Morgan fingerprint density at radius 3 is 2.93 bits per heavy atom. The molecule has 1 aliphatic carbocycles. The van der Waals surface area contributed by atoms with Crippen LogP contribution in [0, 0.1) is 11.8 Å². The standard InChI is InChI=1S/C12H24N2S/c1-15-7-3-6-14-8-10-4-2-5-12(13)11(10)9-14/h10-12H,2-9,13H2,1H3. The van der Waals surface area contributed by atoms with Crippen LogP contribution in [-0.4, -0.2) is 42.6 Å². The average Bonchev–Trinajstić information content (AvgIpc) is 2.63. The normalized spacial score (nSPS) is 36.8. The third kappa shape index (κ3) is 2.89. The maximum Gasteiger partial charge on any atom is 0.00825 e. The van der Waals surface area contributed by atoms with Gasteiger partial charge < -0.3 is 10.6 Å². The number of nitrogens with two attached hydrogens (primary N) is 1. The van der Waals surface area contributed by atoms with E-state index in [1.807, 2.05) is 11.8 Å². The van der Waals surface area contributed by atoms with Gasteiger partial charge in [-0.2, -0.15) is 11.8 Å². The molecule has 15 heavy (non-hydrogen) atoms. The minimum absolute atomic E-state index is 0.495. The monoisotopic (exact) mass is 228 g/mol. The van der Waals surface area contributed by atoms with Crippen LogP contribution in [0.1, 0.15) is 25.7 Å². The molecule has 2 N–H and O–H groups in total. The summed E-state index contributed by atoms with van der Waals surface area (Å²) in [5, 5.41) is 0. The van der Waals surface area contributed by atoms with E-state index in [1.165, 1.54) is 51.1 Å². The minimum atomic E-state index is 0.495. The summed E-state index contributed by atoms with van der Waals surface area (Å²) in [7, 11) is 0. The van der Waals surface area contributed by atoms with Crippen molar-refractivity contribution in [2.24, 2.45) is 17.6 Å². The van der Waals surface area contributed by atoms with E-state index in [9.17, 15) is 0 Å². The van der Waals surface area contributed by atoms with Gasteiger partial charge in [-0.05, 0) is 49.7 Å². The molecule has 0 aromatic carbocycles. The highest BCUT2D eigenvalue weighted by Gasteiger charge is 2.38. The highest BCUT2D eigenvalue weighted by atomic mass is 32.2. The lowest BCUT2D eigenvalue weighted by atomic mass is 9.78. The summed E-state index contributed by atoms with van der Waals surface area (Å²) in [6.07, 6.45) is 7.59. The van der Waals surface area contributed by atoms with Crippen LogP contribution < -0.4 is 5.73 Å². The molecule has 2 nitrogen and oxygen atoms in total. The molecule has 0 amide bonds. The maximum absolute atomic E-state index is 6.21. The van der Waals surface area contributed by atoms with E-state index in [4.69, 9.17) is 5.73 Å². The minimum Gasteiger partial charge on any atom is -0.327 e. The summed E-state index contributed by atoms with van der Waals surface area (Å²) in [6.45, 7) is 3.90. The van der Waals surface area contributed by atoms with Crippen molar-refractivity contribution in [2.75, 3.05) is 31.6 Å². The molecular weight excluding hydrogens is 204 g/mol. The Bertz CT molecular complexity index is 198. The molecule has 3 heteroatoms. The van der Waals surface area contributed by atoms with E-state index in [1.54, 1.807) is 0 Å². The second kappa shape index (κ2) is 5.55. The Balaban J connectivity index is 1.77. The largest absolute Gasteiger partial charge is 0.327 e. The van der Waals surface area contributed by atoms with Crippen LogP contribution >= 0.6 is 11.8 Å². The van der Waals surface area contributed by atoms with Gasteiger partial charge in [-0.1, -0.05) is 6.42 Å². The van der Waals surface area contributed by atoms with Crippen molar-refractivity contribution in [3.8, 4) is 0 Å². The zero-order valence-corrected chi connectivity index (χ0v) is 10.6. The summed E-state index contributed by atoms with van der Waals surface area (Å²) in [5.41, 5.74) is 6.21. The molecule has 0 aromatic heterocycles. The lowest BCUT2D eigenvalue weighted by Gasteiger charge is -2.29. The van der Waals surface area contributed by atoms with Gasteiger partial charge in [0.2, 0.25) is 0 Å². The van der Waals surface area contributed by atoms with Crippen molar-refractivity contribution in [3.63, 3.8) is 0 Å². The summed E-state index contributed by atoms with van der Waals surface area (Å²) < 4.78 is 0. The predicted octanol–water partition coefficient (Wildman–Crippen LogP) is 1.80. The van der Waals surface area contributed by atoms with Crippen LogP contribution in [0.5, 0.6) is 0 Å². The first kappa shape index (κ1) is 11.7. The SMILES string of the molecule is CSCCCN1CC2CCCC(N)C2C1. The molecule has 0 radical (unpaired) electrons. The van der Waals surface area contributed by atoms with E-state index in [2.05, 4.69) is 11.2 Å². The van der Waals surface area contributed by atoms with Crippen molar-refractivity contribution >= 4 is 11.8 Å². The number of nitrogens with zero attached hydrogens (tertiary/aromatic N) is 1. The van der Waals surface area contributed by atoms with Gasteiger partial charge in [-0.25, -0.2) is 0 Å². The first-order valence-corrected chi connectivity index (χ1v) is 7.67. The number of rotatable bonds is 4. The fourth-order valence-electron chi connectivity index (χ4n) is 3.22. The molecule has 3 atom stereocenters. The Morgan fingerprint density at radius 2 is 2.20 bits per heavy atom. The molecule has 1 heterocycles. The first-order chi connectivity index (χ1) is 7.31. The van der Waals surface area contributed by atoms with Crippen molar-refractivity contribution < 1.29 is 0 Å². The molecule has 0 aromatic rings. The smallest absolute Gasteiger partial charge is 0.00825 e. The number of likely N-dealkylation sites (tertiary alicyclic amines) is 1. The summed E-state index contributed by atoms with van der Waals surface area (Å²) in [4.78, 5) is 2.65. The van der Waals surface area contributed by atoms with Crippen molar-refractivity contribution in [1.29, 1.82) is 0 Å². The fourth-order valence-corrected chi connectivity index (χ4v) is 3.64. The van der Waals surface area contributed by atoms with Crippen LogP contribution in [0.2, 0.25) is 0 Å². The van der Waals surface area contributed by atoms with Crippen LogP contribution in [0.3, 0.4) is 0 Å². The van der Waals surface area contributed by atoms with Crippen LogP contribution in [0.4, 0.5) is 0 Å². The molecule has 2 fully saturated rings. The van der Waals surface area contributed by atoms with Gasteiger partial charge in [0.1, 0.15) is 0 Å². The second-order valence-electron chi connectivity index (χ2n) is 5.12. The van der Waals surface area contributed by atoms with Gasteiger partial charge in [0.05, 0.1) is 0 Å². The highest BCUT2D eigenvalue weighted by molar-refractivity contribution is 7.98. The Morgan fingerprint density at radius 1 is 1.33 bits per heavy atom. The lowest BCUT2D eigenvalue weighted by molar-refractivity contribution is 0.259. The third-order valence-corrected chi connectivity index (χ3v) is 4.75. The van der Waals surface area contributed by atoms with E-state index in [0.29, 0.717) is 6.04 Å². The van der Waals surface area contributed by atoms with E-state index >= 15 is 0 Å². The van der Waals surface area contributed by atoms with Gasteiger partial charge in [-0.3, -0.25) is 0 Å². The topological polar surface area (TPSA) is 29.3 Å². The first-order valence-electron chi connectivity index (χ1n) is 6.28. The van der Waals surface area contributed by atoms with Gasteiger partial charge in [0, 0.05) is 19.1 Å². The van der Waals surface area contributed by atoms with Gasteiger partial charge in [0.25, 0.3) is 0 Å². The molecule has 2 rings (SSSR count). The van der Waals surface area contributed by atoms with Crippen LogP contribution in [-0.2, 0) is 0 Å². The number of thioether (sulfide) groups is 1. The van der Waals surface area contributed by atoms with E-state index < -0.39 is 0 Å². The van der Waals surface area contributed by atoms with Gasteiger partial charge in [0.15, 0.2) is 0 Å². The van der Waals surface area contributed by atoms with Crippen molar-refractivity contribution in [1.82, 2.24) is 4.90 Å². The molecular formula is C12H24N2S. The predicted molar refractivity (Wildman–Crippen MR) is 68.2 cm³/mol. The quantitative estimate of drug-likeness (QED) is 0.744. The highest BCUT2D eigenvalue weighted by Crippen LogP contribution is 2.35. The number of hydrogen-bond donors (Lipinski definition) is 1. The van der Waals surface area contributed by atoms with Gasteiger partial charge in [-0.15, -0.1) is 0 Å². The third-order valence-electron chi connectivity index (χ3n) is 4.05. The lowest BCUT2D eigenvalue weighted by Crippen LogP contribution is -2.38. The van der Waals surface area contributed by atoms with Gasteiger partial charge >= 0.3 is 0 Å². The van der Waals surface area contributed by atoms with E-state index in [-0.39, 0.29) is 0 Å². The molecule has 3 unspecified atom stereocenters. The molecule has 88 valence electrons. The number of fused-ring (bicyclic) bond motifs is 1. The molecule has 2 aliphatic rings. The zero-order valence-electron chi connectivity index (χ0n) is 9.82. The summed E-state index contributed by atoms with van der Waals surface area (Å²) in [6, 6.07) is 0.495. The molecule has 0 spiro atoms. The molecule has 1 saturated heterocycles. The molecule has 1 saturated carbocycles. The Hall–Kier alpha value is 0.270. The van der Waals surface area contributed by atoms with Crippen LogP contribution in [0.15, 0.2) is 0 Å². The van der Waals surface area contributed by atoms with Crippen molar-refractivity contribution in [3.05, 3.63) is 0 Å². The summed E-state index contributed by atoms with van der Waals surface area (Å²) >= 11 is 1.96. The fraction of sp³-hybridized carbons (Fsp3) is 1.00. The average molecular weight is 228 g/mol. The van der Waals surface area contributed by atoms with E-state index in [0.717, 1.165) is 11.8 Å².